The van der Waals surface area contributed by atoms with Gasteiger partial charge in [0.2, 0.25) is 5.88 Å². The highest BCUT2D eigenvalue weighted by Gasteiger charge is 2.46. The average molecular weight is 476 g/mol. The van der Waals surface area contributed by atoms with E-state index in [1.165, 1.54) is 6.07 Å². The highest BCUT2D eigenvalue weighted by Crippen LogP contribution is 2.44. The van der Waals surface area contributed by atoms with E-state index < -0.39 is 29.4 Å². The van der Waals surface area contributed by atoms with Crippen LogP contribution in [0.2, 0.25) is 0 Å². The van der Waals surface area contributed by atoms with Gasteiger partial charge in [0.05, 0.1) is 5.41 Å². The highest BCUT2D eigenvalue weighted by molar-refractivity contribution is 5.94. The predicted molar refractivity (Wildman–Crippen MR) is 126 cm³/mol. The lowest BCUT2D eigenvalue weighted by molar-refractivity contribution is -0.148. The molecule has 2 amide bonds. The van der Waals surface area contributed by atoms with Crippen molar-refractivity contribution >= 4 is 23.9 Å². The van der Waals surface area contributed by atoms with Crippen molar-refractivity contribution in [3.63, 3.8) is 0 Å². The van der Waals surface area contributed by atoms with Crippen molar-refractivity contribution < 1.29 is 28.8 Å². The lowest BCUT2D eigenvalue weighted by Gasteiger charge is -2.27. The average Bonchev–Trinajstić information content (AvgIpc) is 3.55. The van der Waals surface area contributed by atoms with Crippen LogP contribution in [-0.4, -0.2) is 40.9 Å². The molecular formula is C26H25N3O6. The first-order chi connectivity index (χ1) is 16.9. The number of nitrogens with zero attached hydrogens (tertiary/aromatic N) is 1. The van der Waals surface area contributed by atoms with E-state index in [0.717, 1.165) is 22.3 Å². The van der Waals surface area contributed by atoms with Gasteiger partial charge in [0.15, 0.2) is 5.69 Å². The molecule has 5 rings (SSSR count). The molecule has 2 aliphatic carbocycles. The van der Waals surface area contributed by atoms with Crippen LogP contribution in [0.4, 0.5) is 10.7 Å². The molecule has 0 saturated heterocycles. The number of aliphatic carboxylic acids is 1. The van der Waals surface area contributed by atoms with Crippen LogP contribution < -0.4 is 10.6 Å². The minimum atomic E-state index is -1.03. The minimum Gasteiger partial charge on any atom is -0.481 e. The number of benzene rings is 2. The zero-order valence-electron chi connectivity index (χ0n) is 19.1. The monoisotopic (exact) mass is 475 g/mol. The van der Waals surface area contributed by atoms with Crippen molar-refractivity contribution in [2.45, 2.75) is 38.1 Å². The van der Waals surface area contributed by atoms with Gasteiger partial charge in [-0.15, -0.1) is 0 Å². The van der Waals surface area contributed by atoms with Crippen LogP contribution >= 0.6 is 0 Å². The molecule has 180 valence electrons. The maximum atomic E-state index is 12.6. The number of ether oxygens (including phenoxy) is 1. The summed E-state index contributed by atoms with van der Waals surface area (Å²) in [7, 11) is 0. The molecule has 1 aromatic heterocycles. The molecule has 3 aromatic rings. The standard InChI is InChI=1S/C26H25N3O6/c1-26(24(31)32)12-6-11-21(26)27-23(30)20-13-22(35-29-20)28-25(33)34-14-19-17-9-4-2-7-15(17)16-8-3-5-10-18(16)19/h2-5,7-10,13,19,21H,6,11-12,14H2,1H3,(H,27,30)(H,28,33)(H,31,32). The van der Waals surface area contributed by atoms with Gasteiger partial charge in [-0.3, -0.25) is 14.9 Å². The summed E-state index contributed by atoms with van der Waals surface area (Å²) < 4.78 is 10.5. The van der Waals surface area contributed by atoms with Gasteiger partial charge in [-0.05, 0) is 42.0 Å². The predicted octanol–water partition coefficient (Wildman–Crippen LogP) is 4.41. The van der Waals surface area contributed by atoms with Gasteiger partial charge in [-0.1, -0.05) is 60.1 Å². The number of carboxylic acids is 1. The van der Waals surface area contributed by atoms with Gasteiger partial charge < -0.3 is 19.7 Å². The maximum Gasteiger partial charge on any atom is 0.414 e. The number of fused-ring (bicyclic) bond motifs is 3. The van der Waals surface area contributed by atoms with Crippen LogP contribution in [0.1, 0.15) is 53.7 Å². The summed E-state index contributed by atoms with van der Waals surface area (Å²) in [6, 6.07) is 16.8. The normalized spacial score (nSPS) is 20.7. The molecule has 9 nitrogen and oxygen atoms in total. The second-order valence-electron chi connectivity index (χ2n) is 9.17. The zero-order chi connectivity index (χ0) is 24.6. The third kappa shape index (κ3) is 4.14. The van der Waals surface area contributed by atoms with Gasteiger partial charge in [-0.2, -0.15) is 0 Å². The summed E-state index contributed by atoms with van der Waals surface area (Å²) in [5, 5.41) is 18.4. The van der Waals surface area contributed by atoms with Gasteiger partial charge in [0, 0.05) is 18.0 Å². The summed E-state index contributed by atoms with van der Waals surface area (Å²) in [5.74, 6) is -1.63. The van der Waals surface area contributed by atoms with Crippen molar-refractivity contribution in [2.75, 3.05) is 11.9 Å². The topological polar surface area (TPSA) is 131 Å². The summed E-state index contributed by atoms with van der Waals surface area (Å²) >= 11 is 0. The fourth-order valence-corrected chi connectivity index (χ4v) is 5.06. The summed E-state index contributed by atoms with van der Waals surface area (Å²) in [5.41, 5.74) is 3.37. The number of amides is 2. The van der Waals surface area contributed by atoms with E-state index >= 15 is 0 Å². The van der Waals surface area contributed by atoms with Crippen molar-refractivity contribution in [1.29, 1.82) is 0 Å². The fraction of sp³-hybridized carbons (Fsp3) is 0.308. The Labute approximate surface area is 201 Å². The third-order valence-corrected chi connectivity index (χ3v) is 7.06. The number of carbonyl (C=O) groups is 3. The molecule has 9 heteroatoms. The molecule has 1 heterocycles. The SMILES string of the molecule is CC1(C(=O)O)CCCC1NC(=O)c1cc(NC(=O)OCC2c3ccccc3-c3ccccc32)on1. The Bertz CT molecular complexity index is 1260. The summed E-state index contributed by atoms with van der Waals surface area (Å²) in [4.78, 5) is 36.6. The van der Waals surface area contributed by atoms with Crippen LogP contribution in [0, 0.1) is 5.41 Å². The molecule has 35 heavy (non-hydrogen) atoms. The molecule has 1 saturated carbocycles. The van der Waals surface area contributed by atoms with Gasteiger partial charge in [0.1, 0.15) is 6.61 Å². The molecule has 2 atom stereocenters. The number of carbonyl (C=O) groups excluding carboxylic acids is 2. The second kappa shape index (κ2) is 8.90. The first kappa shape index (κ1) is 22.6. The van der Waals surface area contributed by atoms with Crippen LogP contribution in [0.25, 0.3) is 11.1 Å². The van der Waals surface area contributed by atoms with Crippen molar-refractivity contribution in [1.82, 2.24) is 10.5 Å². The molecule has 0 spiro atoms. The van der Waals surface area contributed by atoms with E-state index in [4.69, 9.17) is 9.26 Å². The molecule has 2 aliphatic rings. The lowest BCUT2D eigenvalue weighted by Crippen LogP contribution is -2.47. The number of aromatic nitrogens is 1. The number of carboxylic acid groups (broad SMARTS) is 1. The van der Waals surface area contributed by atoms with Crippen LogP contribution in [0.3, 0.4) is 0 Å². The minimum absolute atomic E-state index is 0.0419. The first-order valence-corrected chi connectivity index (χ1v) is 11.5. The van der Waals surface area contributed by atoms with Crippen molar-refractivity contribution in [2.24, 2.45) is 5.41 Å². The van der Waals surface area contributed by atoms with Crippen molar-refractivity contribution in [3.05, 3.63) is 71.4 Å². The van der Waals surface area contributed by atoms with Crippen LogP contribution in [0.15, 0.2) is 59.1 Å². The smallest absolute Gasteiger partial charge is 0.414 e. The van der Waals surface area contributed by atoms with Gasteiger partial charge in [0.25, 0.3) is 5.91 Å². The largest absolute Gasteiger partial charge is 0.481 e. The lowest BCUT2D eigenvalue weighted by atomic mass is 9.85. The number of nitrogens with one attached hydrogen (secondary N) is 2. The molecule has 0 bridgehead atoms. The summed E-state index contributed by atoms with van der Waals surface area (Å²) in [6.07, 6.45) is 1.03. The highest BCUT2D eigenvalue weighted by atomic mass is 16.6. The van der Waals surface area contributed by atoms with E-state index in [-0.39, 0.29) is 24.1 Å². The van der Waals surface area contributed by atoms with Gasteiger partial charge >= 0.3 is 12.1 Å². The Morgan fingerprint density at radius 3 is 2.43 bits per heavy atom. The quantitative estimate of drug-likeness (QED) is 0.481. The molecule has 3 N–H and O–H groups in total. The summed E-state index contributed by atoms with van der Waals surface area (Å²) in [6.45, 7) is 1.76. The van der Waals surface area contributed by atoms with E-state index in [1.54, 1.807) is 6.92 Å². The van der Waals surface area contributed by atoms with E-state index in [9.17, 15) is 19.5 Å². The third-order valence-electron chi connectivity index (χ3n) is 7.06. The molecule has 0 radical (unpaired) electrons. The van der Waals surface area contributed by atoms with E-state index in [1.807, 2.05) is 36.4 Å². The van der Waals surface area contributed by atoms with Crippen molar-refractivity contribution in [3.8, 4) is 11.1 Å². The Morgan fingerprint density at radius 1 is 1.11 bits per heavy atom. The Morgan fingerprint density at radius 2 is 1.77 bits per heavy atom. The Hall–Kier alpha value is -4.14. The second-order valence-corrected chi connectivity index (χ2v) is 9.17. The number of rotatable bonds is 6. The maximum absolute atomic E-state index is 12.6. The van der Waals surface area contributed by atoms with E-state index in [0.29, 0.717) is 19.3 Å². The number of anilines is 1. The first-order valence-electron chi connectivity index (χ1n) is 11.5. The van der Waals surface area contributed by atoms with Gasteiger partial charge in [-0.25, -0.2) is 4.79 Å². The Kier molecular flexibility index (Phi) is 5.76. The number of hydrogen-bond donors (Lipinski definition) is 3. The molecular weight excluding hydrogens is 450 g/mol. The fourth-order valence-electron chi connectivity index (χ4n) is 5.06. The van der Waals surface area contributed by atoms with Crippen LogP contribution in [0.5, 0.6) is 0 Å². The molecule has 0 aliphatic heterocycles. The molecule has 1 fully saturated rings. The Balaban J connectivity index is 1.20. The number of hydrogen-bond acceptors (Lipinski definition) is 6. The molecule has 2 aromatic carbocycles. The van der Waals surface area contributed by atoms with Crippen LogP contribution in [-0.2, 0) is 9.53 Å². The van der Waals surface area contributed by atoms with E-state index in [2.05, 4.69) is 27.9 Å². The molecule has 2 unspecified atom stereocenters. The zero-order valence-corrected chi connectivity index (χ0v) is 19.1.